The maximum absolute atomic E-state index is 13.2. The molecule has 36 heavy (non-hydrogen) atoms. The number of Topliss-reactive ketones (excluding diaryl/α,β-unsaturated/α-hetero) is 1. The van der Waals surface area contributed by atoms with Gasteiger partial charge in [-0.15, -0.1) is 0 Å². The summed E-state index contributed by atoms with van der Waals surface area (Å²) in [5.74, 6) is -10.1. The highest BCUT2D eigenvalue weighted by Crippen LogP contribution is 2.45. The van der Waals surface area contributed by atoms with E-state index in [1.807, 2.05) is 0 Å². The van der Waals surface area contributed by atoms with Crippen molar-refractivity contribution < 1.29 is 60.0 Å². The minimum absolute atomic E-state index is 0.361. The minimum atomic E-state index is -1.66. The van der Waals surface area contributed by atoms with Gasteiger partial charge in [0.1, 0.15) is 45.5 Å². The SMILES string of the molecule is CC1=C(O)C(C(=O)O)=CC(=C(c2cc(C(=O)O)c(O)cc2O)c2cc(C(=O)O)c(O)c(C)c2O)C1=O. The number of phenolic OH excluding ortho intramolecular Hbond substituents is 2. The van der Waals surface area contributed by atoms with Crippen LogP contribution in [-0.2, 0) is 9.59 Å². The molecule has 12 heteroatoms. The average Bonchev–Trinajstić information content (AvgIpc) is 2.79. The van der Waals surface area contributed by atoms with Crippen molar-refractivity contribution in [2.24, 2.45) is 0 Å². The van der Waals surface area contributed by atoms with E-state index in [9.17, 15) is 60.0 Å². The summed E-state index contributed by atoms with van der Waals surface area (Å²) in [4.78, 5) is 48.2. The van der Waals surface area contributed by atoms with Gasteiger partial charge in [0, 0.05) is 39.5 Å². The van der Waals surface area contributed by atoms with Gasteiger partial charge in [0.05, 0.1) is 0 Å². The number of aliphatic carboxylic acids is 1. The van der Waals surface area contributed by atoms with Crippen molar-refractivity contribution in [3.63, 3.8) is 0 Å². The Bertz CT molecular complexity index is 1490. The lowest BCUT2D eigenvalue weighted by Crippen LogP contribution is -2.18. The first-order valence-electron chi connectivity index (χ1n) is 9.91. The molecule has 1 aliphatic carbocycles. The smallest absolute Gasteiger partial charge is 0.339 e. The van der Waals surface area contributed by atoms with Crippen molar-refractivity contribution in [1.82, 2.24) is 0 Å². The van der Waals surface area contributed by atoms with Crippen molar-refractivity contribution in [2.75, 3.05) is 0 Å². The van der Waals surface area contributed by atoms with Crippen LogP contribution in [0.25, 0.3) is 5.57 Å². The molecule has 0 aromatic heterocycles. The fourth-order valence-corrected chi connectivity index (χ4v) is 3.67. The Morgan fingerprint density at radius 2 is 1.17 bits per heavy atom. The van der Waals surface area contributed by atoms with Gasteiger partial charge in [0.25, 0.3) is 0 Å². The molecule has 0 amide bonds. The lowest BCUT2D eigenvalue weighted by molar-refractivity contribution is -0.132. The number of ketones is 1. The Hall–Kier alpha value is -5.26. The highest BCUT2D eigenvalue weighted by Gasteiger charge is 2.33. The van der Waals surface area contributed by atoms with Gasteiger partial charge >= 0.3 is 17.9 Å². The van der Waals surface area contributed by atoms with Gasteiger partial charge in [0.15, 0.2) is 5.78 Å². The summed E-state index contributed by atoms with van der Waals surface area (Å²) < 4.78 is 0. The van der Waals surface area contributed by atoms with Crippen LogP contribution in [0.4, 0.5) is 0 Å². The molecule has 2 aromatic rings. The van der Waals surface area contributed by atoms with Crippen LogP contribution in [0.15, 0.2) is 46.8 Å². The first-order valence-corrected chi connectivity index (χ1v) is 9.91. The van der Waals surface area contributed by atoms with Crippen LogP contribution in [-0.4, -0.2) is 64.5 Å². The number of aliphatic hydroxyl groups excluding tert-OH is 1. The Morgan fingerprint density at radius 3 is 1.69 bits per heavy atom. The Balaban J connectivity index is 2.63. The largest absolute Gasteiger partial charge is 0.507 e. The molecule has 0 saturated heterocycles. The fraction of sp³-hybridized carbons (Fsp3) is 0.0833. The Morgan fingerprint density at radius 1 is 0.667 bits per heavy atom. The topological polar surface area (TPSA) is 230 Å². The number of benzene rings is 2. The second-order valence-corrected chi connectivity index (χ2v) is 7.75. The molecule has 186 valence electrons. The third-order valence-electron chi connectivity index (χ3n) is 5.61. The zero-order valence-electron chi connectivity index (χ0n) is 18.5. The van der Waals surface area contributed by atoms with E-state index < -0.39 is 97.0 Å². The van der Waals surface area contributed by atoms with Gasteiger partial charge < -0.3 is 40.9 Å². The van der Waals surface area contributed by atoms with Crippen molar-refractivity contribution in [1.29, 1.82) is 0 Å². The van der Waals surface area contributed by atoms with Gasteiger partial charge in [-0.3, -0.25) is 4.79 Å². The molecule has 0 heterocycles. The average molecular weight is 498 g/mol. The molecular weight excluding hydrogens is 480 g/mol. The number of aliphatic hydroxyl groups is 1. The maximum Gasteiger partial charge on any atom is 0.339 e. The second-order valence-electron chi connectivity index (χ2n) is 7.75. The molecule has 2 aromatic carbocycles. The summed E-state index contributed by atoms with van der Waals surface area (Å²) in [6.07, 6.45) is 0.705. The molecule has 0 aliphatic heterocycles. The van der Waals surface area contributed by atoms with Crippen molar-refractivity contribution in [3.05, 3.63) is 74.6 Å². The van der Waals surface area contributed by atoms with Crippen LogP contribution >= 0.6 is 0 Å². The molecule has 0 saturated carbocycles. The van der Waals surface area contributed by atoms with Gasteiger partial charge in [-0.2, -0.15) is 0 Å². The van der Waals surface area contributed by atoms with Gasteiger partial charge in [-0.25, -0.2) is 14.4 Å². The number of rotatable bonds is 5. The number of carbonyl (C=O) groups excluding carboxylic acids is 1. The third-order valence-corrected chi connectivity index (χ3v) is 5.61. The predicted octanol–water partition coefficient (Wildman–Crippen LogP) is 2.44. The highest BCUT2D eigenvalue weighted by atomic mass is 16.4. The second kappa shape index (κ2) is 8.83. The van der Waals surface area contributed by atoms with Crippen LogP contribution in [0, 0.1) is 6.92 Å². The van der Waals surface area contributed by atoms with E-state index in [-0.39, 0.29) is 5.56 Å². The molecule has 0 radical (unpaired) electrons. The summed E-state index contributed by atoms with van der Waals surface area (Å²) in [5, 5.41) is 80.1. The molecule has 3 rings (SSSR count). The summed E-state index contributed by atoms with van der Waals surface area (Å²) in [6.45, 7) is 2.23. The summed E-state index contributed by atoms with van der Waals surface area (Å²) in [7, 11) is 0. The molecular formula is C24H18O12. The number of aromatic carboxylic acids is 2. The number of aromatic hydroxyl groups is 4. The Kier molecular flexibility index (Phi) is 6.22. The molecule has 0 spiro atoms. The number of hydrogen-bond acceptors (Lipinski definition) is 9. The maximum atomic E-state index is 13.2. The normalized spacial score (nSPS) is 14.9. The van der Waals surface area contributed by atoms with E-state index in [0.29, 0.717) is 12.1 Å². The van der Waals surface area contributed by atoms with Crippen molar-refractivity contribution in [3.8, 4) is 23.0 Å². The van der Waals surface area contributed by atoms with E-state index in [4.69, 9.17) is 0 Å². The predicted molar refractivity (Wildman–Crippen MR) is 120 cm³/mol. The number of phenols is 4. The number of carbonyl (C=O) groups is 4. The molecule has 12 nitrogen and oxygen atoms in total. The number of carboxylic acid groups (broad SMARTS) is 3. The summed E-state index contributed by atoms with van der Waals surface area (Å²) in [6, 6.07) is 2.09. The zero-order valence-corrected chi connectivity index (χ0v) is 18.5. The lowest BCUT2D eigenvalue weighted by atomic mass is 9.82. The lowest BCUT2D eigenvalue weighted by Gasteiger charge is -2.21. The van der Waals surface area contributed by atoms with Gasteiger partial charge in [-0.1, -0.05) is 0 Å². The zero-order chi connectivity index (χ0) is 27.2. The van der Waals surface area contributed by atoms with Crippen LogP contribution in [0.2, 0.25) is 0 Å². The van der Waals surface area contributed by atoms with Crippen LogP contribution < -0.4 is 0 Å². The van der Waals surface area contributed by atoms with E-state index in [1.54, 1.807) is 0 Å². The van der Waals surface area contributed by atoms with E-state index >= 15 is 0 Å². The summed E-state index contributed by atoms with van der Waals surface area (Å²) >= 11 is 0. The number of carboxylic acids is 3. The molecule has 0 bridgehead atoms. The fourth-order valence-electron chi connectivity index (χ4n) is 3.67. The van der Waals surface area contributed by atoms with Crippen LogP contribution in [0.1, 0.15) is 44.3 Å². The first kappa shape index (κ1) is 25.4. The molecule has 0 atom stereocenters. The van der Waals surface area contributed by atoms with Crippen molar-refractivity contribution in [2.45, 2.75) is 13.8 Å². The number of hydrogen-bond donors (Lipinski definition) is 8. The first-order chi connectivity index (χ1) is 16.7. The molecule has 1 aliphatic rings. The number of allylic oxidation sites excluding steroid dienone is 3. The minimum Gasteiger partial charge on any atom is -0.507 e. The molecule has 0 fully saturated rings. The van der Waals surface area contributed by atoms with Crippen LogP contribution in [0.3, 0.4) is 0 Å². The standard InChI is InChI=1S/C24H18O12/c1-7-18(27)11(4-13(20(7)29)23(33)34)17(9-3-10(22(31)32)16(26)6-15(9)25)12-5-14(24(35)36)21(30)8(2)19(12)28/h3-6,25-27,29-30H,1-2H3,(H,31,32)(H,33,34)(H,35,36). The van der Waals surface area contributed by atoms with Crippen molar-refractivity contribution >= 4 is 29.3 Å². The quantitative estimate of drug-likeness (QED) is 0.278. The van der Waals surface area contributed by atoms with E-state index in [0.717, 1.165) is 26.0 Å². The molecule has 0 unspecified atom stereocenters. The van der Waals surface area contributed by atoms with E-state index in [1.165, 1.54) is 0 Å². The summed E-state index contributed by atoms with van der Waals surface area (Å²) in [5.41, 5.74) is -5.19. The Labute approximate surface area is 201 Å². The van der Waals surface area contributed by atoms with Crippen LogP contribution in [0.5, 0.6) is 23.0 Å². The van der Waals surface area contributed by atoms with Gasteiger partial charge in [-0.05, 0) is 32.1 Å². The third kappa shape index (κ3) is 3.96. The highest BCUT2D eigenvalue weighted by molar-refractivity contribution is 6.21. The van der Waals surface area contributed by atoms with Gasteiger partial charge in [0.2, 0.25) is 0 Å². The monoisotopic (exact) mass is 498 g/mol. The molecule has 8 N–H and O–H groups in total. The van der Waals surface area contributed by atoms with E-state index in [2.05, 4.69) is 0 Å².